The lowest BCUT2D eigenvalue weighted by atomic mass is 10.1. The van der Waals surface area contributed by atoms with Crippen molar-refractivity contribution in [3.63, 3.8) is 0 Å². The van der Waals surface area contributed by atoms with E-state index in [1.807, 2.05) is 12.1 Å². The molecule has 166 valence electrons. The maximum absolute atomic E-state index is 12.9. The average Bonchev–Trinajstić information content (AvgIpc) is 3.01. The number of rotatable bonds is 5. The Labute approximate surface area is 183 Å². The molecule has 0 bridgehead atoms. The van der Waals surface area contributed by atoms with Gasteiger partial charge in [-0.3, -0.25) is 9.52 Å². The minimum atomic E-state index is -3.88. The van der Waals surface area contributed by atoms with Crippen LogP contribution in [0.15, 0.2) is 47.4 Å². The van der Waals surface area contributed by atoms with Crippen molar-refractivity contribution in [2.75, 3.05) is 32.8 Å². The summed E-state index contributed by atoms with van der Waals surface area (Å²) in [7, 11) is -7.58. The summed E-state index contributed by atoms with van der Waals surface area (Å²) in [5, 5.41) is 0. The number of carbonyl (C=O) groups excluding carboxylic acids is 1. The number of benzene rings is 2. The van der Waals surface area contributed by atoms with Crippen molar-refractivity contribution < 1.29 is 21.6 Å². The van der Waals surface area contributed by atoms with Crippen LogP contribution in [0.3, 0.4) is 0 Å². The maximum atomic E-state index is 12.9. The van der Waals surface area contributed by atoms with Gasteiger partial charge >= 0.3 is 0 Å². The molecule has 0 unspecified atom stereocenters. The molecule has 0 saturated carbocycles. The Hall–Kier alpha value is -2.59. The fourth-order valence-corrected chi connectivity index (χ4v) is 6.77. The van der Waals surface area contributed by atoms with Crippen molar-refractivity contribution >= 4 is 43.0 Å². The third-order valence-corrected chi connectivity index (χ3v) is 8.83. The van der Waals surface area contributed by atoms with E-state index in [1.165, 1.54) is 24.6 Å². The molecule has 8 nitrogen and oxygen atoms in total. The fourth-order valence-electron chi connectivity index (χ4n) is 4.03. The van der Waals surface area contributed by atoms with Gasteiger partial charge < -0.3 is 4.90 Å². The predicted octanol–water partition coefficient (Wildman–Crippen LogP) is 2.85. The topological polar surface area (TPSA) is 104 Å². The molecule has 0 atom stereocenters. The average molecular weight is 464 g/mol. The second-order valence-corrected chi connectivity index (χ2v) is 11.5. The van der Waals surface area contributed by atoms with Gasteiger partial charge in [-0.15, -0.1) is 0 Å². The minimum absolute atomic E-state index is 0.0281. The number of nitrogens with one attached hydrogen (secondary N) is 1. The standard InChI is InChI=1S/C21H25N3O5S2/c1-16-15-19(24-21(25)11-14-30(24,26)27)9-10-20(16)31(28,29)22-17-5-7-18(8-6-17)23-12-3-2-4-13-23/h5-10,15,22H,2-4,11-14H2,1H3. The number of anilines is 3. The van der Waals surface area contributed by atoms with E-state index in [4.69, 9.17) is 0 Å². The van der Waals surface area contributed by atoms with Crippen molar-refractivity contribution in [1.29, 1.82) is 0 Å². The van der Waals surface area contributed by atoms with Gasteiger partial charge in [0.2, 0.25) is 15.9 Å². The first-order valence-corrected chi connectivity index (χ1v) is 13.3. The first kappa shape index (κ1) is 21.6. The summed E-state index contributed by atoms with van der Waals surface area (Å²) in [6.07, 6.45) is 3.49. The first-order valence-electron chi connectivity index (χ1n) is 10.2. The second-order valence-electron chi connectivity index (χ2n) is 7.87. The molecular weight excluding hydrogens is 438 g/mol. The maximum Gasteiger partial charge on any atom is 0.262 e. The van der Waals surface area contributed by atoms with E-state index in [0.717, 1.165) is 35.9 Å². The summed E-state index contributed by atoms with van der Waals surface area (Å²) in [4.78, 5) is 14.3. The molecule has 1 N–H and O–H groups in total. The van der Waals surface area contributed by atoms with Gasteiger partial charge in [0.05, 0.1) is 16.3 Å². The van der Waals surface area contributed by atoms with Gasteiger partial charge in [-0.05, 0) is 74.2 Å². The summed E-state index contributed by atoms with van der Waals surface area (Å²) in [5.74, 6) is -0.748. The summed E-state index contributed by atoms with van der Waals surface area (Å²) in [6, 6.07) is 11.4. The van der Waals surface area contributed by atoms with Crippen LogP contribution in [0.5, 0.6) is 0 Å². The van der Waals surface area contributed by atoms with Crippen molar-refractivity contribution in [1.82, 2.24) is 0 Å². The summed E-state index contributed by atoms with van der Waals surface area (Å²) in [6.45, 7) is 3.59. The van der Waals surface area contributed by atoms with Crippen LogP contribution in [-0.4, -0.2) is 41.6 Å². The quantitative estimate of drug-likeness (QED) is 0.731. The van der Waals surface area contributed by atoms with Gasteiger partial charge in [0.15, 0.2) is 0 Å². The minimum Gasteiger partial charge on any atom is -0.372 e. The Balaban J connectivity index is 1.54. The first-order chi connectivity index (χ1) is 14.7. The van der Waals surface area contributed by atoms with E-state index in [9.17, 15) is 21.6 Å². The molecule has 2 aliphatic heterocycles. The van der Waals surface area contributed by atoms with Crippen LogP contribution in [0.1, 0.15) is 31.2 Å². The lowest BCUT2D eigenvalue weighted by molar-refractivity contribution is -0.116. The van der Waals surface area contributed by atoms with Gasteiger partial charge in [0.1, 0.15) is 0 Å². The Morgan fingerprint density at radius 2 is 1.58 bits per heavy atom. The molecule has 0 aromatic heterocycles. The van der Waals surface area contributed by atoms with Gasteiger partial charge in [-0.2, -0.15) is 0 Å². The molecule has 31 heavy (non-hydrogen) atoms. The van der Waals surface area contributed by atoms with Crippen molar-refractivity contribution in [2.24, 2.45) is 0 Å². The van der Waals surface area contributed by atoms with Gasteiger partial charge in [0.25, 0.3) is 10.0 Å². The number of carbonyl (C=O) groups is 1. The van der Waals surface area contributed by atoms with E-state index in [1.54, 1.807) is 19.1 Å². The Morgan fingerprint density at radius 3 is 2.16 bits per heavy atom. The van der Waals surface area contributed by atoms with Gasteiger partial charge in [-0.25, -0.2) is 21.1 Å². The van der Waals surface area contributed by atoms with Crippen LogP contribution in [0.25, 0.3) is 0 Å². The highest BCUT2D eigenvalue weighted by Crippen LogP contribution is 2.30. The lowest BCUT2D eigenvalue weighted by Crippen LogP contribution is -2.29. The predicted molar refractivity (Wildman–Crippen MR) is 120 cm³/mol. The molecule has 2 aromatic rings. The molecule has 0 radical (unpaired) electrons. The zero-order chi connectivity index (χ0) is 22.2. The Kier molecular flexibility index (Phi) is 5.69. The van der Waals surface area contributed by atoms with Crippen LogP contribution in [0, 0.1) is 6.92 Å². The number of piperidine rings is 1. The van der Waals surface area contributed by atoms with E-state index in [0.29, 0.717) is 11.3 Å². The number of amides is 1. The zero-order valence-electron chi connectivity index (χ0n) is 17.2. The Bertz CT molecular complexity index is 1200. The van der Waals surface area contributed by atoms with Crippen LogP contribution < -0.4 is 13.9 Å². The SMILES string of the molecule is Cc1cc(N2C(=O)CCS2(=O)=O)ccc1S(=O)(=O)Nc1ccc(N2CCCCC2)cc1. The van der Waals surface area contributed by atoms with Crippen LogP contribution in [0.2, 0.25) is 0 Å². The van der Waals surface area contributed by atoms with Crippen LogP contribution in [0.4, 0.5) is 17.1 Å². The molecule has 4 rings (SSSR count). The molecule has 2 heterocycles. The van der Waals surface area contributed by atoms with Gasteiger partial charge in [-0.1, -0.05) is 0 Å². The molecule has 2 aromatic carbocycles. The molecule has 2 saturated heterocycles. The van der Waals surface area contributed by atoms with E-state index < -0.39 is 26.0 Å². The molecule has 0 aliphatic carbocycles. The van der Waals surface area contributed by atoms with Crippen LogP contribution >= 0.6 is 0 Å². The largest absolute Gasteiger partial charge is 0.372 e. The number of nitrogens with zero attached hydrogens (tertiary/aromatic N) is 2. The lowest BCUT2D eigenvalue weighted by Gasteiger charge is -2.28. The monoisotopic (exact) mass is 463 g/mol. The zero-order valence-corrected chi connectivity index (χ0v) is 18.9. The third-order valence-electron chi connectivity index (χ3n) is 5.60. The molecule has 2 aliphatic rings. The molecule has 10 heteroatoms. The van der Waals surface area contributed by atoms with Crippen molar-refractivity contribution in [3.8, 4) is 0 Å². The fraction of sp³-hybridized carbons (Fsp3) is 0.381. The highest BCUT2D eigenvalue weighted by molar-refractivity contribution is 7.94. The molecular formula is C21H25N3O5S2. The number of hydrogen-bond donors (Lipinski definition) is 1. The summed E-state index contributed by atoms with van der Waals surface area (Å²) >= 11 is 0. The van der Waals surface area contributed by atoms with Gasteiger partial charge in [0, 0.05) is 30.9 Å². The second kappa shape index (κ2) is 8.16. The van der Waals surface area contributed by atoms with Crippen molar-refractivity contribution in [2.45, 2.75) is 37.5 Å². The summed E-state index contributed by atoms with van der Waals surface area (Å²) < 4.78 is 53.4. The van der Waals surface area contributed by atoms with E-state index in [-0.39, 0.29) is 22.8 Å². The van der Waals surface area contributed by atoms with Crippen molar-refractivity contribution in [3.05, 3.63) is 48.0 Å². The molecule has 0 spiro atoms. The number of aryl methyl sites for hydroxylation is 1. The van der Waals surface area contributed by atoms with Crippen LogP contribution in [-0.2, 0) is 24.8 Å². The highest BCUT2D eigenvalue weighted by atomic mass is 32.2. The molecule has 1 amide bonds. The number of hydrogen-bond acceptors (Lipinski definition) is 6. The Morgan fingerprint density at radius 1 is 0.935 bits per heavy atom. The van der Waals surface area contributed by atoms with E-state index in [2.05, 4.69) is 9.62 Å². The molecule has 2 fully saturated rings. The smallest absolute Gasteiger partial charge is 0.262 e. The highest BCUT2D eigenvalue weighted by Gasteiger charge is 2.36. The normalized spacial score (nSPS) is 18.9. The van der Waals surface area contributed by atoms with E-state index >= 15 is 0 Å². The third kappa shape index (κ3) is 4.40. The summed E-state index contributed by atoms with van der Waals surface area (Å²) in [5.41, 5.74) is 2.02. The number of sulfonamides is 2.